The summed E-state index contributed by atoms with van der Waals surface area (Å²) in [6.45, 7) is 6.20. The Bertz CT molecular complexity index is 47.8. The van der Waals surface area contributed by atoms with Crippen LogP contribution < -0.4 is 5.73 Å². The highest BCUT2D eigenvalue weighted by Gasteiger charge is 2.01. The summed E-state index contributed by atoms with van der Waals surface area (Å²) >= 11 is 0. The maximum atomic E-state index is 12.3. The number of ether oxygens (including phenoxy) is 1. The molecule has 2 N–H and O–H groups in total. The molecular formula is C9H24FNO. The first-order chi connectivity index (χ1) is 5.81. The highest BCUT2D eigenvalue weighted by Crippen LogP contribution is 2.00. The Morgan fingerprint density at radius 3 is 2.00 bits per heavy atom. The van der Waals surface area contributed by atoms with Crippen LogP contribution in [0.2, 0.25) is 0 Å². The molecule has 0 aliphatic rings. The highest BCUT2D eigenvalue weighted by atomic mass is 19.1. The molecule has 0 saturated carbocycles. The van der Waals surface area contributed by atoms with Crippen LogP contribution in [0.4, 0.5) is 4.39 Å². The summed E-state index contributed by atoms with van der Waals surface area (Å²) in [5, 5.41) is 0. The van der Waals surface area contributed by atoms with Crippen molar-refractivity contribution in [1.82, 2.24) is 0 Å². The molecule has 0 aliphatic carbocycles. The zero-order valence-corrected chi connectivity index (χ0v) is 9.06. The first-order valence-corrected chi connectivity index (χ1v) is 4.52. The van der Waals surface area contributed by atoms with Crippen molar-refractivity contribution in [3.8, 4) is 0 Å². The summed E-state index contributed by atoms with van der Waals surface area (Å²) in [5.74, 6) is 0. The van der Waals surface area contributed by atoms with Crippen LogP contribution in [0.15, 0.2) is 0 Å². The molecule has 3 heteroatoms. The van der Waals surface area contributed by atoms with Crippen LogP contribution in [0.1, 0.15) is 33.6 Å². The van der Waals surface area contributed by atoms with E-state index in [2.05, 4.69) is 10.5 Å². The lowest BCUT2D eigenvalue weighted by atomic mass is 10.2. The number of alkyl halides is 1. The molecule has 0 fully saturated rings. The molecule has 0 radical (unpaired) electrons. The van der Waals surface area contributed by atoms with Gasteiger partial charge in [0.15, 0.2) is 0 Å². The Balaban J connectivity index is -0.000000175. The molecule has 0 bridgehead atoms. The van der Waals surface area contributed by atoms with Gasteiger partial charge < -0.3 is 10.5 Å². The van der Waals surface area contributed by atoms with Crippen molar-refractivity contribution < 1.29 is 9.13 Å². The van der Waals surface area contributed by atoms with Crippen molar-refractivity contribution in [1.29, 1.82) is 0 Å². The summed E-state index contributed by atoms with van der Waals surface area (Å²) in [5.41, 5.74) is 4.50. The summed E-state index contributed by atoms with van der Waals surface area (Å²) in [6, 6.07) is 0. The monoisotopic (exact) mass is 181 g/mol. The van der Waals surface area contributed by atoms with E-state index in [0.717, 1.165) is 6.42 Å². The molecule has 0 amide bonds. The second-order valence-electron chi connectivity index (χ2n) is 1.84. The van der Waals surface area contributed by atoms with Crippen LogP contribution in [-0.4, -0.2) is 26.9 Å². The predicted molar refractivity (Wildman–Crippen MR) is 53.1 cm³/mol. The average Bonchev–Trinajstić information content (AvgIpc) is 2.12. The maximum absolute atomic E-state index is 12.3. The minimum absolute atomic E-state index is 0.244. The van der Waals surface area contributed by atoms with Crippen LogP contribution in [0.25, 0.3) is 0 Å². The highest BCUT2D eigenvalue weighted by molar-refractivity contribution is 4.50. The van der Waals surface area contributed by atoms with Gasteiger partial charge >= 0.3 is 0 Å². The van der Waals surface area contributed by atoms with E-state index in [1.54, 1.807) is 0 Å². The SMILES string of the molecule is CC.CCCC(F)COC.CN. The zero-order chi connectivity index (χ0) is 10.4. The Labute approximate surface area is 76.3 Å². The van der Waals surface area contributed by atoms with E-state index in [0.29, 0.717) is 6.42 Å². The lowest BCUT2D eigenvalue weighted by Gasteiger charge is -2.02. The van der Waals surface area contributed by atoms with Gasteiger partial charge in [0.05, 0.1) is 6.61 Å². The van der Waals surface area contributed by atoms with Crippen molar-refractivity contribution in [2.75, 3.05) is 20.8 Å². The number of nitrogens with two attached hydrogens (primary N) is 1. The summed E-state index contributed by atoms with van der Waals surface area (Å²) in [4.78, 5) is 0. The summed E-state index contributed by atoms with van der Waals surface area (Å²) in [7, 11) is 3.02. The van der Waals surface area contributed by atoms with Crippen LogP contribution in [0, 0.1) is 0 Å². The number of methoxy groups -OCH3 is 1. The van der Waals surface area contributed by atoms with Crippen LogP contribution in [0.5, 0.6) is 0 Å². The Morgan fingerprint density at radius 1 is 1.33 bits per heavy atom. The van der Waals surface area contributed by atoms with Crippen molar-refractivity contribution in [2.24, 2.45) is 5.73 Å². The van der Waals surface area contributed by atoms with E-state index in [1.807, 2.05) is 20.8 Å². The van der Waals surface area contributed by atoms with E-state index in [9.17, 15) is 4.39 Å². The molecule has 1 unspecified atom stereocenters. The smallest absolute Gasteiger partial charge is 0.123 e. The Kier molecular flexibility index (Phi) is 33.3. The van der Waals surface area contributed by atoms with E-state index in [-0.39, 0.29) is 6.61 Å². The maximum Gasteiger partial charge on any atom is 0.123 e. The largest absolute Gasteiger partial charge is 0.382 e. The number of halogens is 1. The molecule has 0 aliphatic heterocycles. The fraction of sp³-hybridized carbons (Fsp3) is 1.00. The Morgan fingerprint density at radius 2 is 1.75 bits per heavy atom. The molecule has 0 spiro atoms. The van der Waals surface area contributed by atoms with Gasteiger partial charge in [0.1, 0.15) is 6.17 Å². The van der Waals surface area contributed by atoms with Crippen LogP contribution >= 0.6 is 0 Å². The van der Waals surface area contributed by atoms with E-state index in [1.165, 1.54) is 14.2 Å². The lowest BCUT2D eigenvalue weighted by Crippen LogP contribution is -2.06. The third kappa shape index (κ3) is 22.5. The van der Waals surface area contributed by atoms with Crippen molar-refractivity contribution in [3.05, 3.63) is 0 Å². The fourth-order valence-electron chi connectivity index (χ4n) is 0.577. The van der Waals surface area contributed by atoms with Crippen molar-refractivity contribution in [3.63, 3.8) is 0 Å². The van der Waals surface area contributed by atoms with E-state index >= 15 is 0 Å². The minimum Gasteiger partial charge on any atom is -0.382 e. The fourth-order valence-corrected chi connectivity index (χ4v) is 0.577. The van der Waals surface area contributed by atoms with Gasteiger partial charge in [-0.2, -0.15) is 0 Å². The third-order valence-electron chi connectivity index (χ3n) is 0.949. The number of hydrogen-bond donors (Lipinski definition) is 1. The van der Waals surface area contributed by atoms with Gasteiger partial charge in [-0.05, 0) is 13.5 Å². The second kappa shape index (κ2) is 22.4. The van der Waals surface area contributed by atoms with Gasteiger partial charge in [0.25, 0.3) is 0 Å². The third-order valence-corrected chi connectivity index (χ3v) is 0.949. The van der Waals surface area contributed by atoms with Gasteiger partial charge in [0, 0.05) is 7.11 Å². The normalized spacial score (nSPS) is 10.2. The topological polar surface area (TPSA) is 35.2 Å². The number of rotatable bonds is 4. The molecular weight excluding hydrogens is 157 g/mol. The lowest BCUT2D eigenvalue weighted by molar-refractivity contribution is 0.118. The first kappa shape index (κ1) is 17.8. The van der Waals surface area contributed by atoms with Crippen LogP contribution in [-0.2, 0) is 4.74 Å². The molecule has 0 saturated heterocycles. The van der Waals surface area contributed by atoms with Gasteiger partial charge in [-0.3, -0.25) is 0 Å². The molecule has 2 nitrogen and oxygen atoms in total. The quantitative estimate of drug-likeness (QED) is 0.722. The summed E-state index contributed by atoms with van der Waals surface area (Å²) < 4.78 is 16.9. The molecule has 0 aromatic heterocycles. The second-order valence-corrected chi connectivity index (χ2v) is 1.84. The first-order valence-electron chi connectivity index (χ1n) is 4.52. The molecule has 78 valence electrons. The van der Waals surface area contributed by atoms with Crippen LogP contribution in [0.3, 0.4) is 0 Å². The molecule has 1 atom stereocenters. The number of hydrogen-bond acceptors (Lipinski definition) is 2. The molecule has 0 heterocycles. The Hall–Kier alpha value is -0.150. The summed E-state index contributed by atoms with van der Waals surface area (Å²) in [6.07, 6.45) is 0.753. The zero-order valence-electron chi connectivity index (χ0n) is 9.06. The molecule has 0 aromatic rings. The molecule has 0 aromatic carbocycles. The van der Waals surface area contributed by atoms with Gasteiger partial charge in [0.2, 0.25) is 0 Å². The van der Waals surface area contributed by atoms with E-state index in [4.69, 9.17) is 0 Å². The predicted octanol–water partition coefficient (Wildman–Crippen LogP) is 2.37. The van der Waals surface area contributed by atoms with Gasteiger partial charge in [-0.25, -0.2) is 4.39 Å². The van der Waals surface area contributed by atoms with Gasteiger partial charge in [-0.15, -0.1) is 0 Å². The standard InChI is InChI=1S/C6H13FO.C2H6.CH5N/c1-3-4-6(7)5-8-2;2*1-2/h6H,3-5H2,1-2H3;1-2H3;2H2,1H3. The average molecular weight is 181 g/mol. The minimum atomic E-state index is -0.759. The van der Waals surface area contributed by atoms with Crippen molar-refractivity contribution in [2.45, 2.75) is 39.8 Å². The van der Waals surface area contributed by atoms with E-state index < -0.39 is 6.17 Å². The van der Waals surface area contributed by atoms with Crippen molar-refractivity contribution >= 4 is 0 Å². The molecule has 12 heavy (non-hydrogen) atoms. The van der Waals surface area contributed by atoms with Gasteiger partial charge in [-0.1, -0.05) is 27.2 Å². The molecule has 0 rings (SSSR count).